The van der Waals surface area contributed by atoms with E-state index >= 15 is 0 Å². The van der Waals surface area contributed by atoms with Gasteiger partial charge in [-0.2, -0.15) is 5.26 Å². The quantitative estimate of drug-likeness (QED) is 0.776. The molecule has 0 bridgehead atoms. The zero-order valence-electron chi connectivity index (χ0n) is 8.56. The van der Waals surface area contributed by atoms with Gasteiger partial charge in [-0.25, -0.2) is 0 Å². The van der Waals surface area contributed by atoms with Crippen LogP contribution < -0.4 is 4.74 Å². The Balaban J connectivity index is 2.95. The molecule has 0 amide bonds. The molecule has 0 radical (unpaired) electrons. The van der Waals surface area contributed by atoms with Crippen molar-refractivity contribution in [3.63, 3.8) is 0 Å². The minimum atomic E-state index is -0.0456. The summed E-state index contributed by atoms with van der Waals surface area (Å²) in [6.07, 6.45) is 0. The molecule has 1 aromatic rings. The number of nitriles is 1. The minimum absolute atomic E-state index is 0.0456. The third kappa shape index (κ3) is 3.15. The predicted molar refractivity (Wildman–Crippen MR) is 60.1 cm³/mol. The first kappa shape index (κ1) is 11.9. The number of benzene rings is 1. The lowest BCUT2D eigenvalue weighted by Gasteiger charge is -2.09. The number of hydrogen-bond acceptors (Lipinski definition) is 4. The lowest BCUT2D eigenvalue weighted by molar-refractivity contribution is 0.201. The molecule has 0 saturated heterocycles. The van der Waals surface area contributed by atoms with E-state index in [9.17, 15) is 0 Å². The molecule has 3 nitrogen and oxygen atoms in total. The molecule has 80 valence electrons. The molecule has 1 N–H and O–H groups in total. The molecule has 15 heavy (non-hydrogen) atoms. The Morgan fingerprint density at radius 2 is 2.33 bits per heavy atom. The first-order chi connectivity index (χ1) is 7.33. The second-order valence-electron chi connectivity index (χ2n) is 2.75. The average molecular weight is 223 g/mol. The van der Waals surface area contributed by atoms with Gasteiger partial charge < -0.3 is 9.84 Å². The maximum atomic E-state index is 9.02. The Bertz CT molecular complexity index is 360. The highest BCUT2D eigenvalue weighted by molar-refractivity contribution is 7.99. The van der Waals surface area contributed by atoms with E-state index < -0.39 is 0 Å². The SMILES string of the molecule is CCSc1cccc(OCCO)c1C#N. The van der Waals surface area contributed by atoms with E-state index in [2.05, 4.69) is 6.07 Å². The molecular weight excluding hydrogens is 210 g/mol. The molecule has 0 aliphatic heterocycles. The number of aliphatic hydroxyl groups is 1. The third-order valence-corrected chi connectivity index (χ3v) is 2.69. The molecule has 0 atom stereocenters. The number of aliphatic hydroxyl groups excluding tert-OH is 1. The van der Waals surface area contributed by atoms with E-state index in [1.807, 2.05) is 19.1 Å². The molecule has 1 rings (SSSR count). The van der Waals surface area contributed by atoms with Crippen molar-refractivity contribution < 1.29 is 9.84 Å². The van der Waals surface area contributed by atoms with Crippen LogP contribution in [0.3, 0.4) is 0 Å². The van der Waals surface area contributed by atoms with Gasteiger partial charge in [-0.05, 0) is 17.9 Å². The fraction of sp³-hybridized carbons (Fsp3) is 0.364. The van der Waals surface area contributed by atoms with Crippen molar-refractivity contribution in [1.29, 1.82) is 5.26 Å². The zero-order valence-corrected chi connectivity index (χ0v) is 9.38. The first-order valence-corrected chi connectivity index (χ1v) is 5.71. The van der Waals surface area contributed by atoms with Crippen LogP contribution >= 0.6 is 11.8 Å². The van der Waals surface area contributed by atoms with Gasteiger partial charge in [0.05, 0.1) is 6.61 Å². The second-order valence-corrected chi connectivity index (χ2v) is 4.05. The molecule has 0 fully saturated rings. The van der Waals surface area contributed by atoms with E-state index in [4.69, 9.17) is 15.1 Å². The van der Waals surface area contributed by atoms with Crippen LogP contribution in [0, 0.1) is 11.3 Å². The summed E-state index contributed by atoms with van der Waals surface area (Å²) in [7, 11) is 0. The molecule has 0 aromatic heterocycles. The number of nitrogens with zero attached hydrogens (tertiary/aromatic N) is 1. The Labute approximate surface area is 93.7 Å². The van der Waals surface area contributed by atoms with Crippen LogP contribution in [0.5, 0.6) is 5.75 Å². The highest BCUT2D eigenvalue weighted by Crippen LogP contribution is 2.29. The highest BCUT2D eigenvalue weighted by Gasteiger charge is 2.08. The summed E-state index contributed by atoms with van der Waals surface area (Å²) >= 11 is 1.61. The molecule has 0 spiro atoms. The predicted octanol–water partition coefficient (Wildman–Crippen LogP) is 2.04. The standard InChI is InChI=1S/C11H13NO2S/c1-2-15-11-5-3-4-10(9(11)8-12)14-7-6-13/h3-5,13H,2,6-7H2,1H3. The summed E-state index contributed by atoms with van der Waals surface area (Å²) in [4.78, 5) is 0.926. The summed E-state index contributed by atoms with van der Waals surface area (Å²) in [6.45, 7) is 2.21. The molecular formula is C11H13NO2S. The van der Waals surface area contributed by atoms with Gasteiger partial charge in [0.15, 0.2) is 0 Å². The van der Waals surface area contributed by atoms with Gasteiger partial charge in [0, 0.05) is 4.90 Å². The van der Waals surface area contributed by atoms with Gasteiger partial charge in [0.25, 0.3) is 0 Å². The Morgan fingerprint density at radius 3 is 2.93 bits per heavy atom. The smallest absolute Gasteiger partial charge is 0.138 e. The summed E-state index contributed by atoms with van der Waals surface area (Å²) in [5.74, 6) is 1.46. The highest BCUT2D eigenvalue weighted by atomic mass is 32.2. The first-order valence-electron chi connectivity index (χ1n) is 4.73. The number of ether oxygens (including phenoxy) is 1. The second kappa shape index (κ2) is 6.33. The molecule has 4 heteroatoms. The molecule has 0 aliphatic rings. The maximum Gasteiger partial charge on any atom is 0.138 e. The normalized spacial score (nSPS) is 9.67. The molecule has 0 unspecified atom stereocenters. The van der Waals surface area contributed by atoms with E-state index in [0.717, 1.165) is 10.6 Å². The van der Waals surface area contributed by atoms with Crippen LogP contribution in [0.1, 0.15) is 12.5 Å². The zero-order chi connectivity index (χ0) is 11.1. The van der Waals surface area contributed by atoms with E-state index in [1.54, 1.807) is 17.8 Å². The van der Waals surface area contributed by atoms with Crippen LogP contribution in [0.2, 0.25) is 0 Å². The van der Waals surface area contributed by atoms with Gasteiger partial charge in [-0.3, -0.25) is 0 Å². The van der Waals surface area contributed by atoms with Crippen molar-refractivity contribution in [2.75, 3.05) is 19.0 Å². The Kier molecular flexibility index (Phi) is 5.02. The lowest BCUT2D eigenvalue weighted by atomic mass is 10.2. The molecule has 0 saturated carbocycles. The van der Waals surface area contributed by atoms with Gasteiger partial charge >= 0.3 is 0 Å². The van der Waals surface area contributed by atoms with Crippen molar-refractivity contribution in [3.8, 4) is 11.8 Å². The van der Waals surface area contributed by atoms with Gasteiger partial charge in [-0.1, -0.05) is 13.0 Å². The van der Waals surface area contributed by atoms with Crippen molar-refractivity contribution >= 4 is 11.8 Å². The fourth-order valence-corrected chi connectivity index (χ4v) is 1.95. The minimum Gasteiger partial charge on any atom is -0.490 e. The molecule has 1 aromatic carbocycles. The van der Waals surface area contributed by atoms with Gasteiger partial charge in [0.1, 0.15) is 24.0 Å². The number of thioether (sulfide) groups is 1. The van der Waals surface area contributed by atoms with Crippen LogP contribution in [0.4, 0.5) is 0 Å². The largest absolute Gasteiger partial charge is 0.490 e. The van der Waals surface area contributed by atoms with Gasteiger partial charge in [0.2, 0.25) is 0 Å². The number of hydrogen-bond donors (Lipinski definition) is 1. The monoisotopic (exact) mass is 223 g/mol. The summed E-state index contributed by atoms with van der Waals surface area (Å²) < 4.78 is 5.28. The van der Waals surface area contributed by atoms with E-state index in [-0.39, 0.29) is 13.2 Å². The Morgan fingerprint density at radius 1 is 1.53 bits per heavy atom. The van der Waals surface area contributed by atoms with Crippen LogP contribution in [-0.4, -0.2) is 24.1 Å². The Hall–Kier alpha value is -1.18. The number of rotatable bonds is 5. The summed E-state index contributed by atoms with van der Waals surface area (Å²) in [5, 5.41) is 17.7. The van der Waals surface area contributed by atoms with Gasteiger partial charge in [-0.15, -0.1) is 11.8 Å². The summed E-state index contributed by atoms with van der Waals surface area (Å²) in [5.41, 5.74) is 0.554. The van der Waals surface area contributed by atoms with E-state index in [1.165, 1.54) is 0 Å². The molecule has 0 heterocycles. The van der Waals surface area contributed by atoms with E-state index in [0.29, 0.717) is 11.3 Å². The summed E-state index contributed by atoms with van der Waals surface area (Å²) in [6, 6.07) is 7.63. The maximum absolute atomic E-state index is 9.02. The van der Waals surface area contributed by atoms with Crippen molar-refractivity contribution in [2.24, 2.45) is 0 Å². The lowest BCUT2D eigenvalue weighted by Crippen LogP contribution is -2.03. The van der Waals surface area contributed by atoms with Crippen molar-refractivity contribution in [3.05, 3.63) is 23.8 Å². The topological polar surface area (TPSA) is 53.2 Å². The van der Waals surface area contributed by atoms with Crippen molar-refractivity contribution in [1.82, 2.24) is 0 Å². The molecule has 0 aliphatic carbocycles. The van der Waals surface area contributed by atoms with Crippen LogP contribution in [0.15, 0.2) is 23.1 Å². The van der Waals surface area contributed by atoms with Crippen LogP contribution in [0.25, 0.3) is 0 Å². The van der Waals surface area contributed by atoms with Crippen molar-refractivity contribution in [2.45, 2.75) is 11.8 Å². The third-order valence-electron chi connectivity index (χ3n) is 1.75. The van der Waals surface area contributed by atoms with Crippen LogP contribution in [-0.2, 0) is 0 Å². The fourth-order valence-electron chi connectivity index (χ4n) is 1.17. The average Bonchev–Trinajstić information content (AvgIpc) is 2.27.